The molecule has 1 N–H and O–H groups in total. The Kier molecular flexibility index (Phi) is 5.62. The van der Waals surface area contributed by atoms with Gasteiger partial charge in [-0.1, -0.05) is 27.7 Å². The first-order valence-corrected chi connectivity index (χ1v) is 6.64. The van der Waals surface area contributed by atoms with E-state index in [-0.39, 0.29) is 0 Å². The summed E-state index contributed by atoms with van der Waals surface area (Å²) in [4.78, 5) is 4.38. The molecular formula is C13H26N4. The molecule has 0 aliphatic rings. The zero-order valence-corrected chi connectivity index (χ0v) is 11.8. The van der Waals surface area contributed by atoms with Crippen LogP contribution < -0.4 is 5.32 Å². The van der Waals surface area contributed by atoms with Crippen molar-refractivity contribution in [1.82, 2.24) is 20.1 Å². The van der Waals surface area contributed by atoms with Crippen LogP contribution in [-0.2, 0) is 13.0 Å². The molecule has 0 aromatic carbocycles. The average Bonchev–Trinajstić information content (AvgIpc) is 2.65. The van der Waals surface area contributed by atoms with E-state index in [1.807, 2.05) is 4.68 Å². The number of nitrogens with one attached hydrogen (secondary N) is 1. The van der Waals surface area contributed by atoms with Crippen LogP contribution in [0, 0.1) is 11.8 Å². The molecule has 17 heavy (non-hydrogen) atoms. The first-order valence-electron chi connectivity index (χ1n) is 6.64. The van der Waals surface area contributed by atoms with Gasteiger partial charge in [0.25, 0.3) is 0 Å². The molecule has 0 aliphatic heterocycles. The third kappa shape index (κ3) is 4.46. The molecule has 0 fully saturated rings. The summed E-state index contributed by atoms with van der Waals surface area (Å²) in [7, 11) is 0. The van der Waals surface area contributed by atoms with Gasteiger partial charge in [0.2, 0.25) is 0 Å². The smallest absolute Gasteiger partial charge is 0.138 e. The van der Waals surface area contributed by atoms with Gasteiger partial charge in [-0.3, -0.25) is 0 Å². The number of rotatable bonds is 7. The van der Waals surface area contributed by atoms with Crippen LogP contribution in [-0.4, -0.2) is 27.4 Å². The molecule has 1 aromatic rings. The van der Waals surface area contributed by atoms with E-state index in [1.165, 1.54) is 0 Å². The highest BCUT2D eigenvalue weighted by molar-refractivity contribution is 4.89. The highest BCUT2D eigenvalue weighted by atomic mass is 15.3. The molecule has 4 heteroatoms. The molecule has 0 spiro atoms. The van der Waals surface area contributed by atoms with Crippen molar-refractivity contribution in [3.05, 3.63) is 12.2 Å². The fraction of sp³-hybridized carbons (Fsp3) is 0.846. The Balaban J connectivity index is 2.58. The van der Waals surface area contributed by atoms with E-state index >= 15 is 0 Å². The van der Waals surface area contributed by atoms with Crippen molar-refractivity contribution in [3.63, 3.8) is 0 Å². The predicted molar refractivity (Wildman–Crippen MR) is 70.9 cm³/mol. The molecule has 0 bridgehead atoms. The molecule has 1 heterocycles. The fourth-order valence-corrected chi connectivity index (χ4v) is 1.93. The van der Waals surface area contributed by atoms with E-state index in [0.29, 0.717) is 17.9 Å². The minimum absolute atomic E-state index is 0.518. The number of hydrogen-bond donors (Lipinski definition) is 1. The zero-order valence-electron chi connectivity index (χ0n) is 11.8. The van der Waals surface area contributed by atoms with Crippen LogP contribution in [0.2, 0.25) is 0 Å². The maximum absolute atomic E-state index is 4.38. The molecule has 1 rings (SSSR count). The summed E-state index contributed by atoms with van der Waals surface area (Å²) in [6, 6.07) is 0.518. The summed E-state index contributed by atoms with van der Waals surface area (Å²) in [6.45, 7) is 13.0. The maximum atomic E-state index is 4.38. The number of aromatic nitrogens is 3. The summed E-state index contributed by atoms with van der Waals surface area (Å²) in [5, 5.41) is 7.76. The molecular weight excluding hydrogens is 212 g/mol. The van der Waals surface area contributed by atoms with Crippen LogP contribution >= 0.6 is 0 Å². The third-order valence-electron chi connectivity index (χ3n) is 3.12. The second-order valence-electron chi connectivity index (χ2n) is 5.28. The molecule has 0 aliphatic carbocycles. The standard InChI is InChI=1S/C13H26N4/c1-6-14-12(5)11(4)7-13-15-9-16-17(13)8-10(2)3/h9-12,14H,6-8H2,1-5H3. The lowest BCUT2D eigenvalue weighted by Crippen LogP contribution is -2.33. The summed E-state index contributed by atoms with van der Waals surface area (Å²) >= 11 is 0. The van der Waals surface area contributed by atoms with Gasteiger partial charge in [-0.2, -0.15) is 5.10 Å². The van der Waals surface area contributed by atoms with Crippen molar-refractivity contribution in [3.8, 4) is 0 Å². The second kappa shape index (κ2) is 6.74. The Labute approximate surface area is 105 Å². The topological polar surface area (TPSA) is 42.7 Å². The summed E-state index contributed by atoms with van der Waals surface area (Å²) < 4.78 is 2.04. The lowest BCUT2D eigenvalue weighted by Gasteiger charge is -2.20. The molecule has 4 nitrogen and oxygen atoms in total. The Hall–Kier alpha value is -0.900. The van der Waals surface area contributed by atoms with Crippen molar-refractivity contribution >= 4 is 0 Å². The second-order valence-corrected chi connectivity index (χ2v) is 5.28. The number of nitrogens with zero attached hydrogens (tertiary/aromatic N) is 3. The van der Waals surface area contributed by atoms with Gasteiger partial charge >= 0.3 is 0 Å². The third-order valence-corrected chi connectivity index (χ3v) is 3.12. The van der Waals surface area contributed by atoms with Crippen molar-refractivity contribution in [1.29, 1.82) is 0 Å². The molecule has 0 amide bonds. The summed E-state index contributed by atoms with van der Waals surface area (Å²) in [5.74, 6) is 2.29. The maximum Gasteiger partial charge on any atom is 0.138 e. The predicted octanol–water partition coefficient (Wildman–Crippen LogP) is 2.11. The van der Waals surface area contributed by atoms with E-state index in [0.717, 1.165) is 25.3 Å². The quantitative estimate of drug-likeness (QED) is 0.791. The SMILES string of the molecule is CCNC(C)C(C)Cc1ncnn1CC(C)C. The van der Waals surface area contributed by atoms with E-state index in [1.54, 1.807) is 6.33 Å². The first kappa shape index (κ1) is 14.2. The Bertz CT molecular complexity index is 319. The van der Waals surface area contributed by atoms with Gasteiger partial charge < -0.3 is 5.32 Å². The molecule has 0 saturated heterocycles. The van der Waals surface area contributed by atoms with Gasteiger partial charge in [0, 0.05) is 19.0 Å². The Morgan fingerprint density at radius 1 is 1.29 bits per heavy atom. The Morgan fingerprint density at radius 2 is 2.00 bits per heavy atom. The normalized spacial score (nSPS) is 15.2. The summed E-state index contributed by atoms with van der Waals surface area (Å²) in [6.07, 6.45) is 2.66. The molecule has 0 radical (unpaired) electrons. The summed E-state index contributed by atoms with van der Waals surface area (Å²) in [5.41, 5.74) is 0. The van der Waals surface area contributed by atoms with E-state index in [4.69, 9.17) is 0 Å². The molecule has 0 saturated carbocycles. The molecule has 1 aromatic heterocycles. The van der Waals surface area contributed by atoms with Crippen molar-refractivity contribution < 1.29 is 0 Å². The van der Waals surface area contributed by atoms with Crippen LogP contribution in [0.5, 0.6) is 0 Å². The average molecular weight is 238 g/mol. The van der Waals surface area contributed by atoms with Crippen LogP contribution in [0.15, 0.2) is 6.33 Å². The van der Waals surface area contributed by atoms with Gasteiger partial charge in [0.1, 0.15) is 12.2 Å². The van der Waals surface area contributed by atoms with Gasteiger partial charge in [0.15, 0.2) is 0 Å². The van der Waals surface area contributed by atoms with E-state index in [9.17, 15) is 0 Å². The van der Waals surface area contributed by atoms with Crippen LogP contribution in [0.4, 0.5) is 0 Å². The lowest BCUT2D eigenvalue weighted by atomic mass is 9.99. The highest BCUT2D eigenvalue weighted by Gasteiger charge is 2.15. The van der Waals surface area contributed by atoms with Crippen molar-refractivity contribution in [2.24, 2.45) is 11.8 Å². The van der Waals surface area contributed by atoms with E-state index < -0.39 is 0 Å². The van der Waals surface area contributed by atoms with Crippen molar-refractivity contribution in [2.45, 2.75) is 53.6 Å². The van der Waals surface area contributed by atoms with Crippen LogP contribution in [0.1, 0.15) is 40.4 Å². The Morgan fingerprint density at radius 3 is 2.59 bits per heavy atom. The van der Waals surface area contributed by atoms with Gasteiger partial charge in [0.05, 0.1) is 0 Å². The molecule has 2 atom stereocenters. The van der Waals surface area contributed by atoms with Gasteiger partial charge in [-0.05, 0) is 25.3 Å². The fourth-order valence-electron chi connectivity index (χ4n) is 1.93. The van der Waals surface area contributed by atoms with Crippen LogP contribution in [0.3, 0.4) is 0 Å². The molecule has 2 unspecified atom stereocenters. The van der Waals surface area contributed by atoms with Gasteiger partial charge in [-0.25, -0.2) is 9.67 Å². The van der Waals surface area contributed by atoms with Gasteiger partial charge in [-0.15, -0.1) is 0 Å². The largest absolute Gasteiger partial charge is 0.314 e. The monoisotopic (exact) mass is 238 g/mol. The number of hydrogen-bond acceptors (Lipinski definition) is 3. The highest BCUT2D eigenvalue weighted by Crippen LogP contribution is 2.11. The minimum Gasteiger partial charge on any atom is -0.314 e. The van der Waals surface area contributed by atoms with Crippen LogP contribution in [0.25, 0.3) is 0 Å². The van der Waals surface area contributed by atoms with E-state index in [2.05, 4.69) is 50.0 Å². The lowest BCUT2D eigenvalue weighted by molar-refractivity contribution is 0.383. The first-order chi connectivity index (χ1) is 8.04. The zero-order chi connectivity index (χ0) is 12.8. The van der Waals surface area contributed by atoms with Crippen molar-refractivity contribution in [2.75, 3.05) is 6.54 Å². The molecule has 98 valence electrons. The minimum atomic E-state index is 0.518.